The van der Waals surface area contributed by atoms with Gasteiger partial charge in [0, 0.05) is 25.2 Å². The van der Waals surface area contributed by atoms with Crippen LogP contribution in [0.5, 0.6) is 0 Å². The van der Waals surface area contributed by atoms with Gasteiger partial charge < -0.3 is 4.90 Å². The van der Waals surface area contributed by atoms with Gasteiger partial charge in [0.1, 0.15) is 0 Å². The molecular formula is C23H28N2O3S. The van der Waals surface area contributed by atoms with Gasteiger partial charge in [0.15, 0.2) is 0 Å². The largest absolute Gasteiger partial charge is 0.332 e. The first-order chi connectivity index (χ1) is 14.0. The van der Waals surface area contributed by atoms with Crippen molar-refractivity contribution in [2.75, 3.05) is 19.6 Å². The molecule has 29 heavy (non-hydrogen) atoms. The molecule has 0 saturated carbocycles. The van der Waals surface area contributed by atoms with Gasteiger partial charge in [0.2, 0.25) is 10.0 Å². The lowest BCUT2D eigenvalue weighted by molar-refractivity contribution is 0.0735. The molecule has 2 aliphatic heterocycles. The molecule has 1 amide bonds. The Hall–Kier alpha value is -2.18. The number of hydrogen-bond acceptors (Lipinski definition) is 3. The second-order valence-electron chi connectivity index (χ2n) is 8.18. The van der Waals surface area contributed by atoms with Gasteiger partial charge in [-0.25, -0.2) is 8.42 Å². The summed E-state index contributed by atoms with van der Waals surface area (Å²) >= 11 is 0. The molecule has 0 spiro atoms. The van der Waals surface area contributed by atoms with Gasteiger partial charge in [0.25, 0.3) is 5.91 Å². The number of piperidine rings is 1. The van der Waals surface area contributed by atoms with E-state index < -0.39 is 10.0 Å². The Bertz CT molecular complexity index is 949. The molecule has 154 valence electrons. The topological polar surface area (TPSA) is 57.7 Å². The zero-order valence-corrected chi connectivity index (χ0v) is 17.6. The summed E-state index contributed by atoms with van der Waals surface area (Å²) in [7, 11) is -3.49. The highest BCUT2D eigenvalue weighted by molar-refractivity contribution is 7.89. The monoisotopic (exact) mass is 412 g/mol. The normalized spacial score (nSPS) is 21.4. The highest BCUT2D eigenvalue weighted by Gasteiger charge is 2.31. The molecule has 0 aromatic heterocycles. The van der Waals surface area contributed by atoms with Crippen LogP contribution in [0, 0.1) is 5.92 Å². The fraction of sp³-hybridized carbons (Fsp3) is 0.435. The van der Waals surface area contributed by atoms with Crippen molar-refractivity contribution < 1.29 is 13.2 Å². The maximum atomic E-state index is 13.1. The van der Waals surface area contributed by atoms with Gasteiger partial charge in [-0.1, -0.05) is 37.3 Å². The lowest BCUT2D eigenvalue weighted by Crippen LogP contribution is -2.37. The average molecular weight is 413 g/mol. The van der Waals surface area contributed by atoms with Crippen molar-refractivity contribution in [3.05, 3.63) is 65.7 Å². The SMILES string of the molecule is CC1CCN(S(=O)(=O)c2ccc(C(=O)N3CCCC3c3ccccc3)cc2)CC1. The standard InChI is InChI=1S/C23H28N2O3S/c1-18-13-16-24(17-14-18)29(27,28)21-11-9-20(10-12-21)23(26)25-15-5-8-22(25)19-6-3-2-4-7-19/h2-4,6-7,9-12,18,22H,5,8,13-17H2,1H3. The minimum Gasteiger partial charge on any atom is -0.332 e. The molecule has 1 atom stereocenters. The maximum Gasteiger partial charge on any atom is 0.254 e. The third kappa shape index (κ3) is 4.09. The van der Waals surface area contributed by atoms with Crippen molar-refractivity contribution in [3.8, 4) is 0 Å². The molecule has 2 heterocycles. The molecule has 0 aliphatic carbocycles. The van der Waals surface area contributed by atoms with Crippen LogP contribution in [-0.4, -0.2) is 43.2 Å². The Morgan fingerprint density at radius 2 is 1.55 bits per heavy atom. The van der Waals surface area contributed by atoms with Crippen LogP contribution in [0.25, 0.3) is 0 Å². The van der Waals surface area contributed by atoms with Crippen molar-refractivity contribution in [2.24, 2.45) is 5.92 Å². The predicted molar refractivity (Wildman–Crippen MR) is 113 cm³/mol. The molecule has 6 heteroatoms. The quantitative estimate of drug-likeness (QED) is 0.760. The van der Waals surface area contributed by atoms with Crippen LogP contribution >= 0.6 is 0 Å². The minimum atomic E-state index is -3.49. The number of rotatable bonds is 4. The molecule has 2 aromatic rings. The van der Waals surface area contributed by atoms with Crippen molar-refractivity contribution in [2.45, 2.75) is 43.5 Å². The Kier molecular flexibility index (Phi) is 5.74. The molecule has 2 fully saturated rings. The molecule has 2 saturated heterocycles. The second-order valence-corrected chi connectivity index (χ2v) is 10.1. The van der Waals surface area contributed by atoms with Crippen LogP contribution in [0.3, 0.4) is 0 Å². The third-order valence-electron chi connectivity index (χ3n) is 6.18. The molecule has 5 nitrogen and oxygen atoms in total. The molecule has 0 bridgehead atoms. The molecule has 1 unspecified atom stereocenters. The van der Waals surface area contributed by atoms with Crippen LogP contribution in [0.2, 0.25) is 0 Å². The van der Waals surface area contributed by atoms with Gasteiger partial charge in [0.05, 0.1) is 10.9 Å². The minimum absolute atomic E-state index is 0.0351. The molecule has 2 aliphatic rings. The summed E-state index contributed by atoms with van der Waals surface area (Å²) in [5.74, 6) is 0.534. The van der Waals surface area contributed by atoms with Crippen LogP contribution in [-0.2, 0) is 10.0 Å². The van der Waals surface area contributed by atoms with E-state index >= 15 is 0 Å². The highest BCUT2D eigenvalue weighted by atomic mass is 32.2. The molecular weight excluding hydrogens is 384 g/mol. The zero-order chi connectivity index (χ0) is 20.4. The summed E-state index contributed by atoms with van der Waals surface area (Å²) in [6, 6.07) is 16.6. The number of hydrogen-bond donors (Lipinski definition) is 0. The number of nitrogens with zero attached hydrogens (tertiary/aromatic N) is 2. The van der Waals surface area contributed by atoms with E-state index in [0.29, 0.717) is 24.6 Å². The number of carbonyl (C=O) groups excluding carboxylic acids is 1. The van der Waals surface area contributed by atoms with E-state index in [9.17, 15) is 13.2 Å². The lowest BCUT2D eigenvalue weighted by atomic mass is 10.0. The Morgan fingerprint density at radius 3 is 2.21 bits per heavy atom. The summed E-state index contributed by atoms with van der Waals surface area (Å²) in [5, 5.41) is 0. The van der Waals surface area contributed by atoms with Gasteiger partial charge in [-0.2, -0.15) is 4.31 Å². The van der Waals surface area contributed by atoms with E-state index in [1.807, 2.05) is 23.1 Å². The van der Waals surface area contributed by atoms with E-state index in [4.69, 9.17) is 0 Å². The van der Waals surface area contributed by atoms with Crippen LogP contribution in [0.1, 0.15) is 54.6 Å². The van der Waals surface area contributed by atoms with Gasteiger partial charge in [-0.3, -0.25) is 4.79 Å². The number of amides is 1. The first-order valence-corrected chi connectivity index (χ1v) is 11.9. The fourth-order valence-electron chi connectivity index (χ4n) is 4.34. The van der Waals surface area contributed by atoms with Crippen LogP contribution in [0.15, 0.2) is 59.5 Å². The summed E-state index contributed by atoms with van der Waals surface area (Å²) in [6.07, 6.45) is 3.72. The lowest BCUT2D eigenvalue weighted by Gasteiger charge is -2.29. The van der Waals surface area contributed by atoms with E-state index in [2.05, 4.69) is 19.1 Å². The number of likely N-dealkylation sites (tertiary alicyclic amines) is 1. The Morgan fingerprint density at radius 1 is 0.897 bits per heavy atom. The van der Waals surface area contributed by atoms with Crippen molar-refractivity contribution in [1.82, 2.24) is 9.21 Å². The molecule has 4 rings (SSSR count). The Labute approximate surface area is 173 Å². The first-order valence-electron chi connectivity index (χ1n) is 10.4. The summed E-state index contributed by atoms with van der Waals surface area (Å²) in [6.45, 7) is 4.02. The number of carbonyl (C=O) groups is 1. The predicted octanol–water partition coefficient (Wildman–Crippen LogP) is 4.08. The van der Waals surface area contributed by atoms with E-state index in [1.54, 1.807) is 28.6 Å². The highest BCUT2D eigenvalue weighted by Crippen LogP contribution is 2.33. The smallest absolute Gasteiger partial charge is 0.254 e. The van der Waals surface area contributed by atoms with Crippen LogP contribution < -0.4 is 0 Å². The van der Waals surface area contributed by atoms with Gasteiger partial charge in [-0.15, -0.1) is 0 Å². The third-order valence-corrected chi connectivity index (χ3v) is 8.09. The van der Waals surface area contributed by atoms with Crippen molar-refractivity contribution in [3.63, 3.8) is 0 Å². The number of sulfonamides is 1. The fourth-order valence-corrected chi connectivity index (χ4v) is 5.81. The maximum absolute atomic E-state index is 13.1. The average Bonchev–Trinajstić information content (AvgIpc) is 3.24. The van der Waals surface area contributed by atoms with E-state index in [-0.39, 0.29) is 16.8 Å². The van der Waals surface area contributed by atoms with Gasteiger partial charge >= 0.3 is 0 Å². The zero-order valence-electron chi connectivity index (χ0n) is 16.8. The van der Waals surface area contributed by atoms with Crippen molar-refractivity contribution >= 4 is 15.9 Å². The van der Waals surface area contributed by atoms with Crippen LogP contribution in [0.4, 0.5) is 0 Å². The molecule has 2 aromatic carbocycles. The van der Waals surface area contributed by atoms with Gasteiger partial charge in [-0.05, 0) is 61.4 Å². The molecule has 0 radical (unpaired) electrons. The first kappa shape index (κ1) is 20.1. The Balaban J connectivity index is 1.51. The summed E-state index contributed by atoms with van der Waals surface area (Å²) < 4.78 is 27.4. The van der Waals surface area contributed by atoms with E-state index in [0.717, 1.165) is 37.8 Å². The van der Waals surface area contributed by atoms with Crippen molar-refractivity contribution in [1.29, 1.82) is 0 Å². The summed E-state index contributed by atoms with van der Waals surface area (Å²) in [4.78, 5) is 15.3. The van der Waals surface area contributed by atoms with E-state index in [1.165, 1.54) is 0 Å². The molecule has 0 N–H and O–H groups in total. The summed E-state index contributed by atoms with van der Waals surface area (Å²) in [5.41, 5.74) is 1.69. The number of benzene rings is 2. The second kappa shape index (κ2) is 8.28.